The molecule has 2 heterocycles. The lowest BCUT2D eigenvalue weighted by atomic mass is 10.4. The molecule has 0 aliphatic heterocycles. The molecule has 0 saturated carbocycles. The number of nitrogens with zero attached hydrogens (tertiary/aromatic N) is 1. The van der Waals surface area contributed by atoms with Gasteiger partial charge in [-0.1, -0.05) is 0 Å². The van der Waals surface area contributed by atoms with Crippen LogP contribution in [0.25, 0.3) is 0 Å². The third-order valence-corrected chi connectivity index (χ3v) is 4.02. The smallest absolute Gasteiger partial charge is 0.117 e. The second-order valence-electron chi connectivity index (χ2n) is 3.44. The topological polar surface area (TPSA) is 16.4 Å². The SMILES string of the molecule is CN(Cc1ccco1)Cc1sccc1Br. The third kappa shape index (κ3) is 2.93. The van der Waals surface area contributed by atoms with Crippen LogP contribution >= 0.6 is 27.3 Å². The normalized spacial score (nSPS) is 11.1. The first-order chi connectivity index (χ1) is 7.25. The van der Waals surface area contributed by atoms with Gasteiger partial charge in [0.15, 0.2) is 0 Å². The number of thiophene rings is 1. The van der Waals surface area contributed by atoms with Crippen molar-refractivity contribution in [3.05, 3.63) is 45.0 Å². The Balaban J connectivity index is 1.93. The summed E-state index contributed by atoms with van der Waals surface area (Å²) in [7, 11) is 2.09. The summed E-state index contributed by atoms with van der Waals surface area (Å²) in [6, 6.07) is 6.00. The number of hydrogen-bond donors (Lipinski definition) is 0. The van der Waals surface area contributed by atoms with Crippen molar-refractivity contribution < 1.29 is 4.42 Å². The van der Waals surface area contributed by atoms with Crippen molar-refractivity contribution >= 4 is 27.3 Å². The average Bonchev–Trinajstić information content (AvgIpc) is 2.79. The van der Waals surface area contributed by atoms with Crippen LogP contribution in [0.1, 0.15) is 10.6 Å². The molecule has 0 spiro atoms. The molecule has 4 heteroatoms. The first-order valence-electron chi connectivity index (χ1n) is 4.68. The zero-order valence-electron chi connectivity index (χ0n) is 8.44. The Hall–Kier alpha value is -0.580. The maximum absolute atomic E-state index is 5.30. The molecule has 0 saturated heterocycles. The molecule has 2 rings (SSSR count). The molecule has 15 heavy (non-hydrogen) atoms. The molecule has 0 aromatic carbocycles. The van der Waals surface area contributed by atoms with Crippen molar-refractivity contribution in [2.75, 3.05) is 7.05 Å². The molecule has 0 unspecified atom stereocenters. The van der Waals surface area contributed by atoms with Crippen LogP contribution in [0, 0.1) is 0 Å². The molecule has 0 aliphatic carbocycles. The van der Waals surface area contributed by atoms with Crippen molar-refractivity contribution in [1.82, 2.24) is 4.90 Å². The Bertz CT molecular complexity index is 410. The van der Waals surface area contributed by atoms with E-state index in [1.165, 1.54) is 9.35 Å². The van der Waals surface area contributed by atoms with Crippen LogP contribution in [-0.4, -0.2) is 11.9 Å². The summed E-state index contributed by atoms with van der Waals surface area (Å²) >= 11 is 5.30. The first-order valence-corrected chi connectivity index (χ1v) is 6.36. The van der Waals surface area contributed by atoms with Crippen molar-refractivity contribution in [3.63, 3.8) is 0 Å². The van der Waals surface area contributed by atoms with Crippen molar-refractivity contribution in [2.45, 2.75) is 13.1 Å². The highest BCUT2D eigenvalue weighted by atomic mass is 79.9. The number of hydrogen-bond acceptors (Lipinski definition) is 3. The van der Waals surface area contributed by atoms with E-state index in [0.717, 1.165) is 18.8 Å². The Morgan fingerprint density at radius 1 is 1.40 bits per heavy atom. The van der Waals surface area contributed by atoms with Crippen LogP contribution in [0.5, 0.6) is 0 Å². The fraction of sp³-hybridized carbons (Fsp3) is 0.273. The van der Waals surface area contributed by atoms with Crippen molar-refractivity contribution in [3.8, 4) is 0 Å². The van der Waals surface area contributed by atoms with Gasteiger partial charge in [-0.05, 0) is 46.6 Å². The molecule has 80 valence electrons. The lowest BCUT2D eigenvalue weighted by Crippen LogP contribution is -2.16. The van der Waals surface area contributed by atoms with Gasteiger partial charge in [0.25, 0.3) is 0 Å². The Kier molecular flexibility index (Phi) is 3.61. The molecule has 0 radical (unpaired) electrons. The minimum absolute atomic E-state index is 0.845. The molecular formula is C11H12BrNOS. The van der Waals surface area contributed by atoms with E-state index in [1.807, 2.05) is 12.1 Å². The average molecular weight is 286 g/mol. The van der Waals surface area contributed by atoms with Crippen molar-refractivity contribution in [1.29, 1.82) is 0 Å². The van der Waals surface area contributed by atoms with Gasteiger partial charge in [-0.3, -0.25) is 4.90 Å². The lowest BCUT2D eigenvalue weighted by molar-refractivity contribution is 0.289. The minimum atomic E-state index is 0.845. The summed E-state index contributed by atoms with van der Waals surface area (Å²) in [6.07, 6.45) is 1.71. The van der Waals surface area contributed by atoms with E-state index < -0.39 is 0 Å². The van der Waals surface area contributed by atoms with Gasteiger partial charge in [0.1, 0.15) is 5.76 Å². The van der Waals surface area contributed by atoms with Crippen LogP contribution in [0.15, 0.2) is 38.7 Å². The second-order valence-corrected chi connectivity index (χ2v) is 5.30. The maximum atomic E-state index is 5.30. The summed E-state index contributed by atoms with van der Waals surface area (Å²) < 4.78 is 6.50. The second kappa shape index (κ2) is 4.96. The molecule has 0 N–H and O–H groups in total. The summed E-state index contributed by atoms with van der Waals surface area (Å²) in [5, 5.41) is 2.10. The maximum Gasteiger partial charge on any atom is 0.117 e. The zero-order valence-corrected chi connectivity index (χ0v) is 10.8. The Morgan fingerprint density at radius 3 is 2.87 bits per heavy atom. The number of rotatable bonds is 4. The van der Waals surface area contributed by atoms with Gasteiger partial charge >= 0.3 is 0 Å². The largest absolute Gasteiger partial charge is 0.468 e. The fourth-order valence-electron chi connectivity index (χ4n) is 1.41. The summed E-state index contributed by atoms with van der Waals surface area (Å²) in [5.74, 6) is 1.00. The van der Waals surface area contributed by atoms with Gasteiger partial charge in [0.2, 0.25) is 0 Å². The standard InChI is InChI=1S/C11H12BrNOS/c1-13(7-9-3-2-5-14-9)8-11-10(12)4-6-15-11/h2-6H,7-8H2,1H3. The molecule has 0 atom stereocenters. The Morgan fingerprint density at radius 2 is 2.27 bits per heavy atom. The number of furan rings is 1. The van der Waals surface area contributed by atoms with Crippen LogP contribution in [0.4, 0.5) is 0 Å². The number of halogens is 1. The fourth-order valence-corrected chi connectivity index (χ4v) is 2.96. The van der Waals surface area contributed by atoms with E-state index in [-0.39, 0.29) is 0 Å². The molecule has 2 aromatic heterocycles. The quantitative estimate of drug-likeness (QED) is 0.851. The van der Waals surface area contributed by atoms with Crippen LogP contribution < -0.4 is 0 Å². The van der Waals surface area contributed by atoms with Gasteiger partial charge < -0.3 is 4.42 Å². The highest BCUT2D eigenvalue weighted by Crippen LogP contribution is 2.24. The molecular weight excluding hydrogens is 274 g/mol. The van der Waals surface area contributed by atoms with Gasteiger partial charge in [-0.25, -0.2) is 0 Å². The van der Waals surface area contributed by atoms with E-state index in [1.54, 1.807) is 17.6 Å². The summed E-state index contributed by atoms with van der Waals surface area (Å²) in [4.78, 5) is 3.58. The summed E-state index contributed by atoms with van der Waals surface area (Å²) in [5.41, 5.74) is 0. The van der Waals surface area contributed by atoms with Crippen molar-refractivity contribution in [2.24, 2.45) is 0 Å². The lowest BCUT2D eigenvalue weighted by Gasteiger charge is -2.14. The van der Waals surface area contributed by atoms with Crippen LogP contribution in [0.2, 0.25) is 0 Å². The predicted octanol–water partition coefficient (Wildman–Crippen LogP) is 3.74. The van der Waals surface area contributed by atoms with E-state index in [9.17, 15) is 0 Å². The van der Waals surface area contributed by atoms with Gasteiger partial charge in [0.05, 0.1) is 12.8 Å². The molecule has 2 nitrogen and oxygen atoms in total. The molecule has 2 aromatic rings. The van der Waals surface area contributed by atoms with Gasteiger partial charge in [-0.15, -0.1) is 11.3 Å². The van der Waals surface area contributed by atoms with Gasteiger partial charge in [0, 0.05) is 15.9 Å². The minimum Gasteiger partial charge on any atom is -0.468 e. The molecule has 0 aliphatic rings. The molecule has 0 bridgehead atoms. The molecule has 0 fully saturated rings. The highest BCUT2D eigenvalue weighted by molar-refractivity contribution is 9.10. The zero-order chi connectivity index (χ0) is 10.7. The monoisotopic (exact) mass is 285 g/mol. The predicted molar refractivity (Wildman–Crippen MR) is 65.9 cm³/mol. The van der Waals surface area contributed by atoms with Crippen LogP contribution in [0.3, 0.4) is 0 Å². The molecule has 0 amide bonds. The van der Waals surface area contributed by atoms with E-state index in [0.29, 0.717) is 0 Å². The van der Waals surface area contributed by atoms with Gasteiger partial charge in [-0.2, -0.15) is 0 Å². The summed E-state index contributed by atoms with van der Waals surface area (Å²) in [6.45, 7) is 1.79. The van der Waals surface area contributed by atoms with E-state index in [4.69, 9.17) is 4.42 Å². The van der Waals surface area contributed by atoms with Crippen LogP contribution in [-0.2, 0) is 13.1 Å². The third-order valence-electron chi connectivity index (χ3n) is 2.11. The van der Waals surface area contributed by atoms with E-state index >= 15 is 0 Å². The Labute approximate surface area is 102 Å². The van der Waals surface area contributed by atoms with E-state index in [2.05, 4.69) is 39.3 Å². The first kappa shape index (κ1) is 10.9. The highest BCUT2D eigenvalue weighted by Gasteiger charge is 2.07.